The number of anilines is 4. The Hall–Kier alpha value is -4.50. The fraction of sp³-hybridized carbons (Fsp3) is 0.300. The van der Waals surface area contributed by atoms with Crippen LogP contribution in [0.15, 0.2) is 29.1 Å². The zero-order chi connectivity index (χ0) is 25.7. The lowest BCUT2D eigenvalue weighted by Crippen LogP contribution is -3.15. The molecule has 35 heavy (non-hydrogen) atoms. The second kappa shape index (κ2) is 10.6. The van der Waals surface area contributed by atoms with E-state index in [1.165, 1.54) is 29.2 Å². The number of hydrogen-bond donors (Lipinski definition) is 7. The maximum absolute atomic E-state index is 12.5. The van der Waals surface area contributed by atoms with Gasteiger partial charge in [-0.1, -0.05) is 0 Å². The van der Waals surface area contributed by atoms with Gasteiger partial charge < -0.3 is 36.7 Å². The van der Waals surface area contributed by atoms with Crippen molar-refractivity contribution in [3.63, 3.8) is 0 Å². The zero-order valence-corrected chi connectivity index (χ0v) is 18.2. The van der Waals surface area contributed by atoms with E-state index >= 15 is 0 Å². The number of nitrogens with zero attached hydrogens (tertiary/aromatic N) is 2. The topological polar surface area (TPSA) is 235 Å². The highest BCUT2D eigenvalue weighted by Gasteiger charge is 2.31. The monoisotopic (exact) mass is 489 g/mol. The van der Waals surface area contributed by atoms with Crippen LogP contribution >= 0.6 is 0 Å². The minimum Gasteiger partial charge on any atom is -0.626 e. The molecule has 2 unspecified atom stereocenters. The van der Waals surface area contributed by atoms with Crippen LogP contribution in [0.25, 0.3) is 0 Å². The molecule has 8 N–H and O–H groups in total. The van der Waals surface area contributed by atoms with Gasteiger partial charge in [-0.3, -0.25) is 24.4 Å². The first-order valence-corrected chi connectivity index (χ1v) is 10.4. The van der Waals surface area contributed by atoms with Gasteiger partial charge in [0.2, 0.25) is 12.4 Å². The number of carbonyl (C=O) groups is 4. The number of quaternary nitrogens is 1. The number of hydrogen-bond acceptors (Lipinski definition) is 10. The highest BCUT2D eigenvalue weighted by atomic mass is 16.5. The third-order valence-corrected chi connectivity index (χ3v) is 5.29. The number of H-pyrrole nitrogens is 1. The third-order valence-electron chi connectivity index (χ3n) is 5.29. The molecule has 15 heteroatoms. The number of carboxylic acid groups (broad SMARTS) is 2. The van der Waals surface area contributed by atoms with Gasteiger partial charge in [-0.15, -0.1) is 0 Å². The first kappa shape index (κ1) is 25.1. The van der Waals surface area contributed by atoms with Gasteiger partial charge in [0.15, 0.2) is 11.9 Å². The number of nitrogens with two attached hydrogens (primary N) is 1. The molecule has 0 aliphatic carbocycles. The number of aromatic amines is 1. The number of carbonyl (C=O) groups excluding carboxylic acids is 2. The molecular weight excluding hydrogens is 466 g/mol. The number of hydroxylamine groups is 2. The fourth-order valence-electron chi connectivity index (χ4n) is 3.52. The SMILES string of the molecule is Nc1nc2c(c(=O)[nH]1)NC(CN(C=O)c1ccc(C(=O)[NH+]([O-])[C@@H](CCC(=O)O)C(=O)O)cc1)CN2. The predicted molar refractivity (Wildman–Crippen MR) is 122 cm³/mol. The maximum atomic E-state index is 12.5. The van der Waals surface area contributed by atoms with Gasteiger partial charge >= 0.3 is 17.8 Å². The molecule has 2 aromatic rings. The third kappa shape index (κ3) is 5.90. The van der Waals surface area contributed by atoms with E-state index in [0.717, 1.165) is 0 Å². The Kier molecular flexibility index (Phi) is 7.62. The summed E-state index contributed by atoms with van der Waals surface area (Å²) in [4.78, 5) is 65.9. The molecule has 0 radical (unpaired) electrons. The van der Waals surface area contributed by atoms with E-state index in [-0.39, 0.29) is 35.6 Å². The summed E-state index contributed by atoms with van der Waals surface area (Å²) in [6.45, 7) is 0.452. The van der Waals surface area contributed by atoms with Crippen LogP contribution in [0.5, 0.6) is 0 Å². The molecule has 1 aliphatic rings. The molecule has 3 rings (SSSR count). The Morgan fingerprint density at radius 3 is 2.57 bits per heavy atom. The van der Waals surface area contributed by atoms with E-state index in [1.54, 1.807) is 0 Å². The number of benzene rings is 1. The quantitative estimate of drug-likeness (QED) is 0.143. The average molecular weight is 489 g/mol. The normalized spacial score (nSPS) is 16.1. The van der Waals surface area contributed by atoms with Gasteiger partial charge in [0.05, 0.1) is 18.0 Å². The molecule has 0 saturated carbocycles. The van der Waals surface area contributed by atoms with Crippen molar-refractivity contribution in [1.29, 1.82) is 0 Å². The predicted octanol–water partition coefficient (Wildman–Crippen LogP) is -1.94. The summed E-state index contributed by atoms with van der Waals surface area (Å²) in [5.74, 6) is -3.70. The van der Waals surface area contributed by atoms with Crippen molar-refractivity contribution in [2.45, 2.75) is 24.9 Å². The first-order chi connectivity index (χ1) is 16.6. The van der Waals surface area contributed by atoms with Gasteiger partial charge in [0.1, 0.15) is 5.69 Å². The molecule has 3 atom stereocenters. The van der Waals surface area contributed by atoms with E-state index < -0.39 is 47.4 Å². The van der Waals surface area contributed by atoms with Crippen LogP contribution in [0, 0.1) is 5.21 Å². The van der Waals surface area contributed by atoms with Crippen molar-refractivity contribution in [3.8, 4) is 0 Å². The number of nitrogen functional groups attached to an aromatic ring is 1. The number of aromatic nitrogens is 2. The van der Waals surface area contributed by atoms with Gasteiger partial charge in [0.25, 0.3) is 5.56 Å². The van der Waals surface area contributed by atoms with E-state index in [0.29, 0.717) is 18.6 Å². The van der Waals surface area contributed by atoms with Crippen molar-refractivity contribution < 1.29 is 34.5 Å². The fourth-order valence-corrected chi connectivity index (χ4v) is 3.52. The summed E-state index contributed by atoms with van der Waals surface area (Å²) in [5.41, 5.74) is 5.50. The van der Waals surface area contributed by atoms with E-state index in [2.05, 4.69) is 20.6 Å². The summed E-state index contributed by atoms with van der Waals surface area (Å²) >= 11 is 0. The van der Waals surface area contributed by atoms with E-state index in [4.69, 9.17) is 10.8 Å². The maximum Gasteiger partial charge on any atom is 0.363 e. The van der Waals surface area contributed by atoms with Crippen LogP contribution in [0.1, 0.15) is 23.2 Å². The summed E-state index contributed by atoms with van der Waals surface area (Å²) in [7, 11) is 0. The number of carboxylic acids is 2. The Bertz CT molecular complexity index is 1180. The van der Waals surface area contributed by atoms with Crippen molar-refractivity contribution in [3.05, 3.63) is 45.4 Å². The van der Waals surface area contributed by atoms with Crippen LogP contribution in [0.3, 0.4) is 0 Å². The van der Waals surface area contributed by atoms with Crippen LogP contribution in [0.2, 0.25) is 0 Å². The van der Waals surface area contributed by atoms with E-state index in [1.807, 2.05) is 0 Å². The van der Waals surface area contributed by atoms with Gasteiger partial charge in [-0.25, -0.2) is 9.59 Å². The molecule has 0 spiro atoms. The van der Waals surface area contributed by atoms with Crippen LogP contribution in [-0.2, 0) is 14.4 Å². The van der Waals surface area contributed by atoms with Crippen molar-refractivity contribution in [1.82, 2.24) is 9.97 Å². The van der Waals surface area contributed by atoms with Crippen molar-refractivity contribution in [2.24, 2.45) is 0 Å². The molecule has 15 nitrogen and oxygen atoms in total. The summed E-state index contributed by atoms with van der Waals surface area (Å²) in [6, 6.07) is 3.18. The summed E-state index contributed by atoms with van der Waals surface area (Å²) in [6.07, 6.45) is -0.535. The second-order valence-corrected chi connectivity index (χ2v) is 7.72. The minimum atomic E-state index is -1.77. The molecule has 0 saturated heterocycles. The van der Waals surface area contributed by atoms with E-state index in [9.17, 15) is 34.3 Å². The molecule has 1 aliphatic heterocycles. The van der Waals surface area contributed by atoms with Gasteiger partial charge in [0, 0.05) is 25.2 Å². The van der Waals surface area contributed by atoms with Gasteiger partial charge in [-0.05, 0) is 24.3 Å². The number of fused-ring (bicyclic) bond motifs is 1. The summed E-state index contributed by atoms with van der Waals surface area (Å²) in [5, 5.41) is 35.0. The number of amides is 2. The van der Waals surface area contributed by atoms with Crippen LogP contribution in [-0.4, -0.2) is 69.6 Å². The van der Waals surface area contributed by atoms with Gasteiger partial charge in [-0.2, -0.15) is 4.98 Å². The molecule has 2 heterocycles. The minimum absolute atomic E-state index is 0.0410. The number of aliphatic carboxylic acids is 2. The second-order valence-electron chi connectivity index (χ2n) is 7.72. The molecule has 1 aromatic carbocycles. The highest BCUT2D eigenvalue weighted by Crippen LogP contribution is 2.21. The number of nitrogens with one attached hydrogen (secondary N) is 4. The number of rotatable bonds is 10. The Morgan fingerprint density at radius 2 is 1.97 bits per heavy atom. The highest BCUT2D eigenvalue weighted by molar-refractivity contribution is 5.90. The molecule has 0 fully saturated rings. The lowest BCUT2D eigenvalue weighted by Gasteiger charge is -2.30. The average Bonchev–Trinajstić information content (AvgIpc) is 2.82. The van der Waals surface area contributed by atoms with Crippen molar-refractivity contribution >= 4 is 47.4 Å². The standard InChI is InChI=1S/C20H23N7O8/c21-20-24-16-15(17(31)25-20)23-11(7-22-16)8-26(9-28)12-3-1-10(2-4-12)18(32)27(35)13(19(33)34)5-6-14(29)30/h1-4,9,11,13,23,27H,5-8H2,(H,29,30)(H,33,34)(H4,21,22,24,25,31)/t11?,13-/m0/s1. The Morgan fingerprint density at radius 1 is 1.29 bits per heavy atom. The zero-order valence-electron chi connectivity index (χ0n) is 18.2. The largest absolute Gasteiger partial charge is 0.626 e. The lowest BCUT2D eigenvalue weighted by molar-refractivity contribution is -0.778. The summed E-state index contributed by atoms with van der Waals surface area (Å²) < 4.78 is 0. The molecule has 186 valence electrons. The Balaban J connectivity index is 1.69. The van der Waals surface area contributed by atoms with Crippen LogP contribution < -0.4 is 31.9 Å². The van der Waals surface area contributed by atoms with Crippen molar-refractivity contribution in [2.75, 3.05) is 34.4 Å². The van der Waals surface area contributed by atoms with Crippen LogP contribution in [0.4, 0.5) is 23.1 Å². The molecular formula is C20H23N7O8. The Labute approximate surface area is 197 Å². The lowest BCUT2D eigenvalue weighted by atomic mass is 10.1. The smallest absolute Gasteiger partial charge is 0.363 e. The molecule has 2 amide bonds. The molecule has 1 aromatic heterocycles. The first-order valence-electron chi connectivity index (χ1n) is 10.4. The molecule has 0 bridgehead atoms.